The Morgan fingerprint density at radius 1 is 1.17 bits per heavy atom. The molecule has 1 N–H and O–H groups in total. The lowest BCUT2D eigenvalue weighted by Gasteiger charge is -2.32. The van der Waals surface area contributed by atoms with Gasteiger partial charge in [-0.25, -0.2) is 0 Å². The monoisotopic (exact) mass is 246 g/mol. The topological polar surface area (TPSA) is 37.3 Å². The third kappa shape index (κ3) is 1.94. The first kappa shape index (κ1) is 13.1. The minimum atomic E-state index is 0.0255. The van der Waals surface area contributed by atoms with E-state index in [1.807, 2.05) is 6.07 Å². The highest BCUT2D eigenvalue weighted by Gasteiger charge is 2.61. The highest BCUT2D eigenvalue weighted by molar-refractivity contribution is 5.89. The molecule has 2 aliphatic carbocycles. The molecule has 0 radical (unpaired) electrons. The summed E-state index contributed by atoms with van der Waals surface area (Å²) in [6, 6.07) is 8.71. The largest absolute Gasteiger partial charge is 0.508 e. The predicted molar refractivity (Wildman–Crippen MR) is 72.3 cm³/mol. The van der Waals surface area contributed by atoms with E-state index in [0.29, 0.717) is 17.5 Å². The van der Waals surface area contributed by atoms with E-state index in [9.17, 15) is 4.79 Å². The normalized spacial score (nSPS) is 31.9. The second-order valence-electron chi connectivity index (χ2n) is 6.25. The number of benzene rings is 1. The lowest BCUT2D eigenvalue weighted by Crippen LogP contribution is -2.32. The van der Waals surface area contributed by atoms with Gasteiger partial charge in [-0.3, -0.25) is 4.79 Å². The number of Topliss-reactive ketones (excluding diaryl/α,β-unsaturated/α-hetero) is 1. The summed E-state index contributed by atoms with van der Waals surface area (Å²) in [7, 11) is 0. The number of phenols is 1. The highest BCUT2D eigenvalue weighted by Crippen LogP contribution is 2.63. The van der Waals surface area contributed by atoms with Crippen LogP contribution in [0.25, 0.3) is 0 Å². The SMILES string of the molecule is CC12CCC(CC1=O)C2(C)C.Oc1ccccc1. The van der Waals surface area contributed by atoms with Gasteiger partial charge in [0.1, 0.15) is 11.5 Å². The van der Waals surface area contributed by atoms with Gasteiger partial charge in [0, 0.05) is 11.8 Å². The van der Waals surface area contributed by atoms with E-state index in [1.165, 1.54) is 6.42 Å². The fraction of sp³-hybridized carbons (Fsp3) is 0.562. The zero-order valence-electron chi connectivity index (χ0n) is 11.4. The summed E-state index contributed by atoms with van der Waals surface area (Å²) in [6.07, 6.45) is 3.25. The van der Waals surface area contributed by atoms with Crippen LogP contribution in [-0.2, 0) is 4.79 Å². The van der Waals surface area contributed by atoms with Crippen molar-refractivity contribution in [2.24, 2.45) is 16.7 Å². The molecule has 2 saturated carbocycles. The molecule has 0 spiro atoms. The number of rotatable bonds is 0. The number of phenolic OH excluding ortho intramolecular Hbond substituents is 1. The number of carbonyl (C=O) groups is 1. The Labute approximate surface area is 109 Å². The van der Waals surface area contributed by atoms with Crippen LogP contribution in [0.5, 0.6) is 5.75 Å². The maximum atomic E-state index is 11.6. The van der Waals surface area contributed by atoms with E-state index in [1.54, 1.807) is 24.3 Å². The highest BCUT2D eigenvalue weighted by atomic mass is 16.3. The molecule has 0 saturated heterocycles. The van der Waals surface area contributed by atoms with Gasteiger partial charge < -0.3 is 5.11 Å². The fourth-order valence-electron chi connectivity index (χ4n) is 3.33. The van der Waals surface area contributed by atoms with Crippen LogP contribution in [0.2, 0.25) is 0 Å². The zero-order chi connectivity index (χ0) is 13.4. The van der Waals surface area contributed by atoms with Gasteiger partial charge in [-0.1, -0.05) is 39.0 Å². The zero-order valence-corrected chi connectivity index (χ0v) is 11.4. The number of hydrogen-bond donors (Lipinski definition) is 1. The minimum Gasteiger partial charge on any atom is -0.508 e. The molecule has 2 fully saturated rings. The average molecular weight is 246 g/mol. The summed E-state index contributed by atoms with van der Waals surface area (Å²) in [5, 5.41) is 8.63. The van der Waals surface area contributed by atoms with E-state index >= 15 is 0 Å². The molecular weight excluding hydrogens is 224 g/mol. The predicted octanol–water partition coefficient (Wildman–Crippen LogP) is 3.79. The number of fused-ring (bicyclic) bond motifs is 2. The Morgan fingerprint density at radius 2 is 1.78 bits per heavy atom. The van der Waals surface area contributed by atoms with Crippen LogP contribution < -0.4 is 0 Å². The maximum Gasteiger partial charge on any atom is 0.139 e. The number of ketones is 1. The quantitative estimate of drug-likeness (QED) is 0.756. The van der Waals surface area contributed by atoms with Gasteiger partial charge in [0.25, 0.3) is 0 Å². The second-order valence-corrected chi connectivity index (χ2v) is 6.25. The van der Waals surface area contributed by atoms with Crippen LogP contribution in [0.15, 0.2) is 30.3 Å². The Hall–Kier alpha value is -1.31. The maximum absolute atomic E-state index is 11.6. The summed E-state index contributed by atoms with van der Waals surface area (Å²) in [4.78, 5) is 11.6. The smallest absolute Gasteiger partial charge is 0.139 e. The van der Waals surface area contributed by atoms with Gasteiger partial charge in [-0.15, -0.1) is 0 Å². The first-order chi connectivity index (χ1) is 8.38. The van der Waals surface area contributed by atoms with E-state index in [-0.39, 0.29) is 10.8 Å². The van der Waals surface area contributed by atoms with E-state index in [0.717, 1.165) is 12.8 Å². The van der Waals surface area contributed by atoms with Crippen molar-refractivity contribution in [3.05, 3.63) is 30.3 Å². The van der Waals surface area contributed by atoms with Gasteiger partial charge in [0.2, 0.25) is 0 Å². The van der Waals surface area contributed by atoms with Crippen LogP contribution in [-0.4, -0.2) is 10.9 Å². The van der Waals surface area contributed by atoms with Crippen molar-refractivity contribution in [3.8, 4) is 5.75 Å². The van der Waals surface area contributed by atoms with Crippen molar-refractivity contribution in [2.45, 2.75) is 40.0 Å². The molecular formula is C16H22O2. The molecule has 0 aromatic heterocycles. The van der Waals surface area contributed by atoms with E-state index in [4.69, 9.17) is 5.11 Å². The van der Waals surface area contributed by atoms with Crippen molar-refractivity contribution < 1.29 is 9.90 Å². The lowest BCUT2D eigenvalue weighted by molar-refractivity contribution is -0.128. The number of para-hydroxylation sites is 1. The molecule has 2 atom stereocenters. The molecule has 2 aliphatic rings. The molecule has 0 aliphatic heterocycles. The molecule has 98 valence electrons. The van der Waals surface area contributed by atoms with Gasteiger partial charge in [0.05, 0.1) is 0 Å². The molecule has 2 heteroatoms. The van der Waals surface area contributed by atoms with E-state index in [2.05, 4.69) is 20.8 Å². The summed E-state index contributed by atoms with van der Waals surface area (Å²) >= 11 is 0. The third-order valence-electron chi connectivity index (χ3n) is 5.24. The minimum absolute atomic E-state index is 0.0255. The second kappa shape index (κ2) is 4.42. The Balaban J connectivity index is 0.000000149. The van der Waals surface area contributed by atoms with Crippen LogP contribution in [0.4, 0.5) is 0 Å². The van der Waals surface area contributed by atoms with E-state index < -0.39 is 0 Å². The van der Waals surface area contributed by atoms with Crippen molar-refractivity contribution in [3.63, 3.8) is 0 Å². The molecule has 1 aromatic rings. The van der Waals surface area contributed by atoms with Crippen molar-refractivity contribution in [2.75, 3.05) is 0 Å². The summed E-state index contributed by atoms with van der Waals surface area (Å²) < 4.78 is 0. The average Bonchev–Trinajstić information content (AvgIpc) is 2.64. The molecule has 2 nitrogen and oxygen atoms in total. The summed E-state index contributed by atoms with van der Waals surface area (Å²) in [5.74, 6) is 1.52. The van der Waals surface area contributed by atoms with Gasteiger partial charge in [0.15, 0.2) is 0 Å². The Kier molecular flexibility index (Phi) is 3.22. The van der Waals surface area contributed by atoms with Crippen molar-refractivity contribution in [1.29, 1.82) is 0 Å². The van der Waals surface area contributed by atoms with Crippen LogP contribution >= 0.6 is 0 Å². The Bertz CT molecular complexity index is 436. The summed E-state index contributed by atoms with van der Waals surface area (Å²) in [5.41, 5.74) is 0.307. The fourth-order valence-corrected chi connectivity index (χ4v) is 3.33. The third-order valence-corrected chi connectivity index (χ3v) is 5.24. The van der Waals surface area contributed by atoms with Crippen molar-refractivity contribution >= 4 is 5.78 Å². The van der Waals surface area contributed by atoms with Gasteiger partial charge >= 0.3 is 0 Å². The lowest BCUT2D eigenvalue weighted by atomic mass is 9.70. The molecule has 2 unspecified atom stereocenters. The standard InChI is InChI=1S/C10H16O.C6H6O/c1-9(2)7-4-5-10(9,3)8(11)6-7;7-6-4-2-1-3-5-6/h7H,4-6H2,1-3H3;1-5,7H. The van der Waals surface area contributed by atoms with Gasteiger partial charge in [-0.05, 0) is 36.3 Å². The van der Waals surface area contributed by atoms with Gasteiger partial charge in [-0.2, -0.15) is 0 Å². The van der Waals surface area contributed by atoms with Crippen LogP contribution in [0.1, 0.15) is 40.0 Å². The molecule has 0 heterocycles. The van der Waals surface area contributed by atoms with Crippen LogP contribution in [0.3, 0.4) is 0 Å². The molecule has 0 amide bonds. The molecule has 18 heavy (non-hydrogen) atoms. The first-order valence-corrected chi connectivity index (χ1v) is 6.65. The molecule has 1 aromatic carbocycles. The first-order valence-electron chi connectivity index (χ1n) is 6.65. The number of aromatic hydroxyl groups is 1. The van der Waals surface area contributed by atoms with Crippen LogP contribution in [0, 0.1) is 16.7 Å². The number of carbonyl (C=O) groups excluding carboxylic acids is 1. The molecule has 2 bridgehead atoms. The Morgan fingerprint density at radius 3 is 2.00 bits per heavy atom. The molecule has 3 rings (SSSR count). The summed E-state index contributed by atoms with van der Waals surface area (Å²) in [6.45, 7) is 6.67. The van der Waals surface area contributed by atoms with Crippen molar-refractivity contribution in [1.82, 2.24) is 0 Å². The number of hydrogen-bond acceptors (Lipinski definition) is 2.